The summed E-state index contributed by atoms with van der Waals surface area (Å²) < 4.78 is 0. The highest BCUT2D eigenvalue weighted by Gasteiger charge is 2.51. The molecule has 0 amide bonds. The smallest absolute Gasteiger partial charge is 0.0754 e. The van der Waals surface area contributed by atoms with Crippen molar-refractivity contribution in [3.8, 4) is 11.1 Å². The third-order valence-electron chi connectivity index (χ3n) is 10.1. The molecule has 0 aromatic heterocycles. The van der Waals surface area contributed by atoms with E-state index < -0.39 is 11.5 Å². The molecule has 4 heteroatoms. The molecule has 47 heavy (non-hydrogen) atoms. The molecule has 1 nitrogen and oxygen atoms in total. The lowest BCUT2D eigenvalue weighted by atomic mass is 9.64. The number of hydrogen-bond donors (Lipinski definition) is 0. The van der Waals surface area contributed by atoms with Crippen LogP contribution in [-0.2, 0) is 17.2 Å². The number of nitrogens with zero attached hydrogens (tertiary/aromatic N) is 1. The topological polar surface area (TPSA) is 3.24 Å². The van der Waals surface area contributed by atoms with Crippen LogP contribution in [0, 0.1) is 0 Å². The Morgan fingerprint density at radius 2 is 0.979 bits per heavy atom. The van der Waals surface area contributed by atoms with Crippen LogP contribution in [0.5, 0.6) is 0 Å². The number of fused-ring (bicyclic) bond motifs is 11. The zero-order valence-electron chi connectivity index (χ0n) is 25.4. The molecule has 0 saturated heterocycles. The fourth-order valence-corrected chi connectivity index (χ4v) is 14.7. The highest BCUT2D eigenvalue weighted by atomic mass is 32.4. The van der Waals surface area contributed by atoms with Crippen molar-refractivity contribution in [3.05, 3.63) is 192 Å². The summed E-state index contributed by atoms with van der Waals surface area (Å²) in [6.45, 7) is 0. The molecule has 2 aliphatic heterocycles. The molecule has 0 radical (unpaired) electrons. The average Bonchev–Trinajstić information content (AvgIpc) is 3.43. The van der Waals surface area contributed by atoms with Gasteiger partial charge in [-0.05, 0) is 75.1 Å². The van der Waals surface area contributed by atoms with Gasteiger partial charge in [-0.1, -0.05) is 157 Å². The Morgan fingerprint density at radius 1 is 0.468 bits per heavy atom. The Morgan fingerprint density at radius 3 is 1.64 bits per heavy atom. The van der Waals surface area contributed by atoms with Gasteiger partial charge in [0.1, 0.15) is 0 Å². The second kappa shape index (κ2) is 10.2. The molecular weight excluding hydrogens is 626 g/mol. The van der Waals surface area contributed by atoms with E-state index in [1.54, 1.807) is 0 Å². The van der Waals surface area contributed by atoms with Gasteiger partial charge < -0.3 is 4.90 Å². The molecule has 222 valence electrons. The lowest BCUT2D eigenvalue weighted by Crippen LogP contribution is -2.36. The third-order valence-corrected chi connectivity index (χ3v) is 16.5. The number of rotatable bonds is 2. The predicted molar refractivity (Wildman–Crippen MR) is 202 cm³/mol. The molecule has 2 heterocycles. The number of hydrogen-bond acceptors (Lipinski definition) is 3. The van der Waals surface area contributed by atoms with Crippen molar-refractivity contribution in [1.29, 1.82) is 0 Å². The predicted octanol–water partition coefficient (Wildman–Crippen LogP) is 10.1. The van der Waals surface area contributed by atoms with Crippen molar-refractivity contribution < 1.29 is 0 Å². The molecule has 0 N–H and O–H groups in total. The van der Waals surface area contributed by atoms with Crippen LogP contribution in [0.4, 0.5) is 17.1 Å². The maximum atomic E-state index is 6.78. The standard InChI is InChI=1S/C43H28NPS2/c46-45(30-14-2-1-3-15-30)39-24-12-13-25-41(39)47-42-28-29(26-27-40(42)45)44-37-22-10-8-20-35(37)43(36-21-9-11-23-38(36)44)33-18-6-4-16-31(33)32-17-5-7-19-34(32)43/h1-28H. The SMILES string of the molecule is S=P1(c2ccccc2)c2ccccc2Sc2cc(N3c4ccccc4C4(c5ccccc5-c5ccccc54)c4ccccc43)ccc21. The van der Waals surface area contributed by atoms with Gasteiger partial charge in [0.15, 0.2) is 0 Å². The van der Waals surface area contributed by atoms with E-state index in [0.717, 1.165) is 5.69 Å². The lowest BCUT2D eigenvalue weighted by molar-refractivity contribution is 0.752. The van der Waals surface area contributed by atoms with E-state index in [-0.39, 0.29) is 0 Å². The fourth-order valence-electron chi connectivity index (χ4n) is 8.29. The Labute approximate surface area is 284 Å². The Hall–Kier alpha value is -4.66. The van der Waals surface area contributed by atoms with Gasteiger partial charge in [-0.25, -0.2) is 0 Å². The number of para-hydroxylation sites is 2. The van der Waals surface area contributed by atoms with E-state index in [4.69, 9.17) is 11.8 Å². The summed E-state index contributed by atoms with van der Waals surface area (Å²) in [7, 11) is 0. The highest BCUT2D eigenvalue weighted by Crippen LogP contribution is 2.63. The van der Waals surface area contributed by atoms with Crippen LogP contribution in [0.25, 0.3) is 11.1 Å². The maximum Gasteiger partial charge on any atom is 0.0754 e. The van der Waals surface area contributed by atoms with Gasteiger partial charge in [0.05, 0.1) is 16.8 Å². The van der Waals surface area contributed by atoms with Crippen molar-refractivity contribution in [1.82, 2.24) is 0 Å². The van der Waals surface area contributed by atoms with E-state index >= 15 is 0 Å². The van der Waals surface area contributed by atoms with E-state index in [1.807, 2.05) is 11.8 Å². The Kier molecular flexibility index (Phi) is 5.94. The second-order valence-corrected chi connectivity index (χ2v) is 17.8. The molecule has 7 aromatic carbocycles. The molecule has 1 aliphatic carbocycles. The molecular formula is C43H28NPS2. The van der Waals surface area contributed by atoms with Crippen molar-refractivity contribution in [2.45, 2.75) is 15.2 Å². The minimum Gasteiger partial charge on any atom is -0.310 e. The van der Waals surface area contributed by atoms with Crippen LogP contribution >= 0.6 is 17.8 Å². The van der Waals surface area contributed by atoms with Crippen LogP contribution in [0.15, 0.2) is 180 Å². The van der Waals surface area contributed by atoms with Crippen molar-refractivity contribution in [2.24, 2.45) is 0 Å². The normalized spacial score (nSPS) is 17.6. The Bertz CT molecular complexity index is 2350. The Balaban J connectivity index is 1.23. The summed E-state index contributed by atoms with van der Waals surface area (Å²) in [4.78, 5) is 4.99. The molecule has 3 aliphatic rings. The van der Waals surface area contributed by atoms with E-state index in [1.165, 1.54) is 70.5 Å². The molecule has 1 unspecified atom stereocenters. The van der Waals surface area contributed by atoms with E-state index in [2.05, 4.69) is 175 Å². The minimum atomic E-state index is -2.24. The maximum absolute atomic E-state index is 6.78. The van der Waals surface area contributed by atoms with Crippen LogP contribution < -0.4 is 20.8 Å². The first-order chi connectivity index (χ1) is 23.2. The van der Waals surface area contributed by atoms with Gasteiger partial charge >= 0.3 is 0 Å². The van der Waals surface area contributed by atoms with Crippen LogP contribution in [-0.4, -0.2) is 0 Å². The summed E-state index contributed by atoms with van der Waals surface area (Å²) >= 11 is 8.64. The summed E-state index contributed by atoms with van der Waals surface area (Å²) in [5, 5.41) is 3.81. The lowest BCUT2D eigenvalue weighted by Gasteiger charge is -2.45. The van der Waals surface area contributed by atoms with Crippen LogP contribution in [0.1, 0.15) is 22.3 Å². The first kappa shape index (κ1) is 27.5. The fraction of sp³-hybridized carbons (Fsp3) is 0.0233. The van der Waals surface area contributed by atoms with Gasteiger partial charge in [-0.2, -0.15) is 0 Å². The molecule has 7 aromatic rings. The van der Waals surface area contributed by atoms with Crippen molar-refractivity contribution in [2.75, 3.05) is 4.90 Å². The monoisotopic (exact) mass is 653 g/mol. The molecule has 0 bridgehead atoms. The third kappa shape index (κ3) is 3.60. The zero-order valence-corrected chi connectivity index (χ0v) is 27.9. The largest absolute Gasteiger partial charge is 0.310 e. The van der Waals surface area contributed by atoms with Gasteiger partial charge in [-0.3, -0.25) is 0 Å². The molecule has 0 saturated carbocycles. The van der Waals surface area contributed by atoms with Crippen molar-refractivity contribution in [3.63, 3.8) is 0 Å². The second-order valence-electron chi connectivity index (χ2n) is 12.4. The summed E-state index contributed by atoms with van der Waals surface area (Å²) in [5.41, 5.74) is 11.1. The van der Waals surface area contributed by atoms with E-state index in [9.17, 15) is 0 Å². The van der Waals surface area contributed by atoms with Crippen LogP contribution in [0.3, 0.4) is 0 Å². The summed E-state index contributed by atoms with van der Waals surface area (Å²) in [6.07, 6.45) is 0. The van der Waals surface area contributed by atoms with Crippen LogP contribution in [0.2, 0.25) is 0 Å². The van der Waals surface area contributed by atoms with Gasteiger partial charge in [0.2, 0.25) is 0 Å². The van der Waals surface area contributed by atoms with Gasteiger partial charge in [0.25, 0.3) is 0 Å². The molecule has 0 fully saturated rings. The number of anilines is 3. The highest BCUT2D eigenvalue weighted by molar-refractivity contribution is 8.26. The number of benzene rings is 7. The first-order valence-corrected chi connectivity index (χ1v) is 19.6. The first-order valence-electron chi connectivity index (χ1n) is 16.0. The summed E-state index contributed by atoms with van der Waals surface area (Å²) in [6, 6.07) is 60.3. The van der Waals surface area contributed by atoms with E-state index in [0.29, 0.717) is 0 Å². The minimum absolute atomic E-state index is 0.409. The summed E-state index contributed by atoms with van der Waals surface area (Å²) in [5.74, 6) is 0. The van der Waals surface area contributed by atoms with Crippen molar-refractivity contribution >= 4 is 62.6 Å². The van der Waals surface area contributed by atoms with Gasteiger partial charge in [0, 0.05) is 32.1 Å². The zero-order chi connectivity index (χ0) is 31.2. The molecule has 10 rings (SSSR count). The van der Waals surface area contributed by atoms with Gasteiger partial charge in [-0.15, -0.1) is 0 Å². The average molecular weight is 654 g/mol. The molecule has 1 spiro atoms. The quantitative estimate of drug-likeness (QED) is 0.171. The molecule has 1 atom stereocenters.